The van der Waals surface area contributed by atoms with Crippen LogP contribution in [0.1, 0.15) is 6.42 Å². The van der Waals surface area contributed by atoms with Crippen molar-refractivity contribution in [2.45, 2.75) is 18.6 Å². The maximum Gasteiger partial charge on any atom is 0.490 e. The number of nitrogens with zero attached hydrogens (tertiary/aromatic N) is 1. The van der Waals surface area contributed by atoms with Crippen molar-refractivity contribution in [3.63, 3.8) is 0 Å². The van der Waals surface area contributed by atoms with Crippen molar-refractivity contribution >= 4 is 34.2 Å². The molecule has 2 aromatic rings. The zero-order valence-corrected chi connectivity index (χ0v) is 16.1. The fraction of sp³-hybridized carbons (Fsp3) is 0.350. The lowest BCUT2D eigenvalue weighted by Gasteiger charge is -2.35. The number of aliphatic carboxylic acids is 1. The van der Waals surface area contributed by atoms with Gasteiger partial charge in [-0.15, -0.1) is 0 Å². The first-order valence-electron chi connectivity index (χ1n) is 9.38. The number of carboxylic acid groups (broad SMARTS) is 1. The molecule has 2 aliphatic heterocycles. The smallest absolute Gasteiger partial charge is 0.490 e. The fourth-order valence-corrected chi connectivity index (χ4v) is 3.31. The molecule has 31 heavy (non-hydrogen) atoms. The molecule has 0 spiro atoms. The molecule has 166 valence electrons. The summed E-state index contributed by atoms with van der Waals surface area (Å²) in [7, 11) is 0. The van der Waals surface area contributed by atoms with Crippen molar-refractivity contribution in [1.29, 1.82) is 0 Å². The molecule has 11 heteroatoms. The van der Waals surface area contributed by atoms with Crippen LogP contribution in [-0.2, 0) is 14.4 Å². The Morgan fingerprint density at radius 2 is 1.71 bits per heavy atom. The summed E-state index contributed by atoms with van der Waals surface area (Å²) in [4.78, 5) is 35.3. The number of likely N-dealkylation sites (tertiary alicyclic amines) is 1. The van der Waals surface area contributed by atoms with Crippen LogP contribution >= 0.6 is 0 Å². The molecule has 2 fully saturated rings. The van der Waals surface area contributed by atoms with E-state index in [1.807, 2.05) is 29.2 Å². The Balaban J connectivity index is 0.000000339. The predicted molar refractivity (Wildman–Crippen MR) is 104 cm³/mol. The maximum absolute atomic E-state index is 12.5. The number of benzene rings is 2. The van der Waals surface area contributed by atoms with E-state index < -0.39 is 12.1 Å². The monoisotopic (exact) mass is 439 g/mol. The van der Waals surface area contributed by atoms with Crippen LogP contribution in [0.25, 0.3) is 10.8 Å². The molecule has 1 unspecified atom stereocenters. The molecule has 2 heterocycles. The molecule has 8 nitrogen and oxygen atoms in total. The first kappa shape index (κ1) is 22.3. The summed E-state index contributed by atoms with van der Waals surface area (Å²) in [5, 5.41) is 24.5. The minimum absolute atomic E-state index is 0.0654. The van der Waals surface area contributed by atoms with E-state index >= 15 is 0 Å². The van der Waals surface area contributed by atoms with Gasteiger partial charge in [0, 0.05) is 31.7 Å². The topological polar surface area (TPSA) is 119 Å². The average molecular weight is 439 g/mol. The third-order valence-electron chi connectivity index (χ3n) is 5.06. The molecule has 1 atom stereocenters. The molecule has 2 aliphatic rings. The van der Waals surface area contributed by atoms with E-state index in [1.54, 1.807) is 12.1 Å². The van der Waals surface area contributed by atoms with Gasteiger partial charge < -0.3 is 25.7 Å². The highest BCUT2D eigenvalue weighted by molar-refractivity contribution is 5.99. The summed E-state index contributed by atoms with van der Waals surface area (Å²) < 4.78 is 31.7. The highest BCUT2D eigenvalue weighted by Crippen LogP contribution is 2.26. The van der Waals surface area contributed by atoms with Crippen LogP contribution in [-0.4, -0.2) is 64.7 Å². The van der Waals surface area contributed by atoms with E-state index in [9.17, 15) is 27.9 Å². The van der Waals surface area contributed by atoms with Gasteiger partial charge in [0.2, 0.25) is 11.8 Å². The number of hydrogen-bond acceptors (Lipinski definition) is 5. The van der Waals surface area contributed by atoms with Crippen LogP contribution in [0.3, 0.4) is 0 Å². The molecule has 0 aromatic heterocycles. The molecule has 2 aromatic carbocycles. The van der Waals surface area contributed by atoms with Crippen LogP contribution in [0.4, 0.5) is 18.9 Å². The highest BCUT2D eigenvalue weighted by Gasteiger charge is 2.40. The molecular formula is C20H20F3N3O5. The van der Waals surface area contributed by atoms with Gasteiger partial charge in [0.1, 0.15) is 5.75 Å². The molecule has 2 amide bonds. The van der Waals surface area contributed by atoms with Gasteiger partial charge in [0.05, 0.1) is 12.0 Å². The van der Waals surface area contributed by atoms with Gasteiger partial charge in [-0.3, -0.25) is 9.59 Å². The zero-order valence-electron chi connectivity index (χ0n) is 16.1. The molecule has 0 saturated carbocycles. The summed E-state index contributed by atoms with van der Waals surface area (Å²) in [5.74, 6) is -2.89. The van der Waals surface area contributed by atoms with Crippen molar-refractivity contribution in [2.24, 2.45) is 5.92 Å². The maximum atomic E-state index is 12.5. The molecule has 4 rings (SSSR count). The number of carbonyl (C=O) groups excluding carboxylic acids is 2. The van der Waals surface area contributed by atoms with E-state index in [0.29, 0.717) is 12.2 Å². The molecule has 0 aliphatic carbocycles. The van der Waals surface area contributed by atoms with E-state index in [2.05, 4.69) is 10.6 Å². The number of aromatic hydroxyl groups is 1. The number of phenolic OH excluding ortho intramolecular Hbond substituents is 1. The lowest BCUT2D eigenvalue weighted by Crippen LogP contribution is -2.57. The second-order valence-electron chi connectivity index (χ2n) is 7.30. The minimum atomic E-state index is -5.08. The average Bonchev–Trinajstić information content (AvgIpc) is 3.02. The van der Waals surface area contributed by atoms with Crippen LogP contribution in [0.5, 0.6) is 5.75 Å². The first-order valence-corrected chi connectivity index (χ1v) is 9.38. The summed E-state index contributed by atoms with van der Waals surface area (Å²) in [6, 6.07) is 10.9. The third kappa shape index (κ3) is 5.43. The second kappa shape index (κ2) is 8.80. The predicted octanol–water partition coefficient (Wildman–Crippen LogP) is 1.94. The third-order valence-corrected chi connectivity index (χ3v) is 5.06. The summed E-state index contributed by atoms with van der Waals surface area (Å²) in [6.07, 6.45) is -4.80. The van der Waals surface area contributed by atoms with Crippen LogP contribution in [0, 0.1) is 5.92 Å². The number of phenols is 1. The van der Waals surface area contributed by atoms with E-state index in [-0.39, 0.29) is 35.9 Å². The Morgan fingerprint density at radius 3 is 2.29 bits per heavy atom. The van der Waals surface area contributed by atoms with Gasteiger partial charge in [-0.25, -0.2) is 4.79 Å². The number of carbonyl (C=O) groups is 3. The Bertz CT molecular complexity index is 1010. The number of amides is 2. The first-order chi connectivity index (χ1) is 14.5. The number of hydrogen-bond donors (Lipinski definition) is 4. The number of nitrogens with one attached hydrogen (secondary N) is 2. The molecule has 4 N–H and O–H groups in total. The largest absolute Gasteiger partial charge is 0.508 e. The van der Waals surface area contributed by atoms with Crippen molar-refractivity contribution in [3.05, 3.63) is 36.4 Å². The Kier molecular flexibility index (Phi) is 6.34. The van der Waals surface area contributed by atoms with Gasteiger partial charge in [-0.1, -0.05) is 12.1 Å². The van der Waals surface area contributed by atoms with Crippen LogP contribution in [0.2, 0.25) is 0 Å². The fourth-order valence-electron chi connectivity index (χ4n) is 3.31. The van der Waals surface area contributed by atoms with E-state index in [1.165, 1.54) is 0 Å². The highest BCUT2D eigenvalue weighted by atomic mass is 19.4. The Morgan fingerprint density at radius 1 is 1.10 bits per heavy atom. The van der Waals surface area contributed by atoms with Gasteiger partial charge in [-0.2, -0.15) is 13.2 Å². The van der Waals surface area contributed by atoms with Crippen LogP contribution < -0.4 is 10.6 Å². The molecular weight excluding hydrogens is 419 g/mol. The van der Waals surface area contributed by atoms with Gasteiger partial charge in [0.15, 0.2) is 0 Å². The number of fused-ring (bicyclic) bond motifs is 1. The summed E-state index contributed by atoms with van der Waals surface area (Å²) in [5.41, 5.74) is 0.703. The quantitative estimate of drug-likeness (QED) is 0.581. The van der Waals surface area contributed by atoms with E-state index in [4.69, 9.17) is 9.90 Å². The van der Waals surface area contributed by atoms with Crippen molar-refractivity contribution in [3.8, 4) is 5.75 Å². The number of halogens is 3. The number of anilines is 1. The summed E-state index contributed by atoms with van der Waals surface area (Å²) >= 11 is 0. The summed E-state index contributed by atoms with van der Waals surface area (Å²) in [6.45, 7) is 2.13. The van der Waals surface area contributed by atoms with E-state index in [0.717, 1.165) is 23.9 Å². The zero-order chi connectivity index (χ0) is 22.8. The lowest BCUT2D eigenvalue weighted by molar-refractivity contribution is -0.192. The van der Waals surface area contributed by atoms with Crippen molar-refractivity contribution < 1.29 is 37.8 Å². The lowest BCUT2D eigenvalue weighted by atomic mass is 10.1. The second-order valence-corrected chi connectivity index (χ2v) is 7.30. The Hall–Kier alpha value is -3.34. The number of rotatable bonds is 3. The molecule has 0 bridgehead atoms. The van der Waals surface area contributed by atoms with Crippen LogP contribution in [0.15, 0.2) is 36.4 Å². The molecule has 0 radical (unpaired) electrons. The number of alkyl halides is 3. The minimum Gasteiger partial charge on any atom is -0.508 e. The van der Waals surface area contributed by atoms with Crippen molar-refractivity contribution in [2.75, 3.05) is 25.0 Å². The normalized spacial score (nSPS) is 18.9. The Labute approximate surface area is 174 Å². The number of carboxylic acids is 1. The SMILES string of the molecule is O=C(Nc1ccc2cc(O)ccc2c1)C1CC(=O)N(C2CNC2)C1.O=C(O)C(F)(F)F. The van der Waals surface area contributed by atoms with Gasteiger partial charge >= 0.3 is 12.1 Å². The van der Waals surface area contributed by atoms with Gasteiger partial charge in [0.25, 0.3) is 0 Å². The standard InChI is InChI=1S/C18H19N3O3.C2HF3O2/c22-16-4-2-11-5-14(3-1-12(11)6-16)20-18(24)13-7-17(23)21(10-13)15-8-19-9-15;3-2(4,5)1(6)7/h1-6,13,15,19,22H,7-10H2,(H,20,24);(H,6,7). The van der Waals surface area contributed by atoms with Gasteiger partial charge in [-0.05, 0) is 35.0 Å². The molecule has 2 saturated heterocycles. The van der Waals surface area contributed by atoms with Crippen molar-refractivity contribution in [1.82, 2.24) is 10.2 Å².